The van der Waals surface area contributed by atoms with Crippen LogP contribution in [0.1, 0.15) is 66.2 Å². The second-order valence-electron chi connectivity index (χ2n) is 6.80. The summed E-state index contributed by atoms with van der Waals surface area (Å²) in [6, 6.07) is 0.344. The lowest BCUT2D eigenvalue weighted by Gasteiger charge is -2.40. The van der Waals surface area contributed by atoms with E-state index in [0.29, 0.717) is 18.4 Å². The highest BCUT2D eigenvalue weighted by Crippen LogP contribution is 2.37. The minimum absolute atomic E-state index is 0.00155. The van der Waals surface area contributed by atoms with Gasteiger partial charge in [0, 0.05) is 18.5 Å². The number of hydrogen-bond donors (Lipinski definition) is 2. The molecule has 1 rings (SSSR count). The van der Waals surface area contributed by atoms with Crippen LogP contribution in [0.3, 0.4) is 0 Å². The van der Waals surface area contributed by atoms with Crippen molar-refractivity contribution < 1.29 is 4.79 Å². The van der Waals surface area contributed by atoms with E-state index in [1.807, 2.05) is 6.92 Å². The zero-order chi connectivity index (χ0) is 13.8. The van der Waals surface area contributed by atoms with Crippen LogP contribution in [0.4, 0.5) is 0 Å². The minimum atomic E-state index is 0.00155. The summed E-state index contributed by atoms with van der Waals surface area (Å²) in [4.78, 5) is 12.0. The monoisotopic (exact) mass is 254 g/mol. The fourth-order valence-corrected chi connectivity index (χ4v) is 2.99. The molecule has 0 aromatic rings. The highest BCUT2D eigenvalue weighted by Gasteiger charge is 2.34. The van der Waals surface area contributed by atoms with Crippen LogP contribution in [0.15, 0.2) is 0 Å². The van der Waals surface area contributed by atoms with Crippen molar-refractivity contribution in [1.82, 2.24) is 5.32 Å². The van der Waals surface area contributed by atoms with Gasteiger partial charge in [0.25, 0.3) is 0 Å². The van der Waals surface area contributed by atoms with Crippen LogP contribution in [-0.4, -0.2) is 18.0 Å². The first kappa shape index (κ1) is 15.5. The molecule has 0 aromatic carbocycles. The Morgan fingerprint density at radius 2 is 1.94 bits per heavy atom. The standard InChI is InChI=1S/C15H30N2O/c1-5-11(16)10-14(18)17-13-9-7-6-8-12(13)15(2,3)4/h11-13H,5-10,16H2,1-4H3,(H,17,18). The van der Waals surface area contributed by atoms with Gasteiger partial charge in [0.05, 0.1) is 0 Å². The van der Waals surface area contributed by atoms with Gasteiger partial charge in [-0.25, -0.2) is 0 Å². The SMILES string of the molecule is CCC(N)CC(=O)NC1CCCCC1C(C)(C)C. The Kier molecular flexibility index (Phi) is 5.64. The molecule has 0 bridgehead atoms. The van der Waals surface area contributed by atoms with E-state index in [2.05, 4.69) is 26.1 Å². The Bertz CT molecular complexity index is 270. The molecule has 0 aliphatic heterocycles. The maximum Gasteiger partial charge on any atom is 0.221 e. The molecular weight excluding hydrogens is 224 g/mol. The first-order valence-corrected chi connectivity index (χ1v) is 7.39. The van der Waals surface area contributed by atoms with Gasteiger partial charge in [-0.1, -0.05) is 40.5 Å². The van der Waals surface area contributed by atoms with Gasteiger partial charge in [-0.2, -0.15) is 0 Å². The fraction of sp³-hybridized carbons (Fsp3) is 0.933. The number of nitrogens with one attached hydrogen (secondary N) is 1. The van der Waals surface area contributed by atoms with Crippen molar-refractivity contribution in [2.45, 2.75) is 78.3 Å². The Balaban J connectivity index is 2.54. The summed E-state index contributed by atoms with van der Waals surface area (Å²) in [7, 11) is 0. The Hall–Kier alpha value is -0.570. The molecular formula is C15H30N2O. The lowest BCUT2D eigenvalue weighted by atomic mass is 9.69. The van der Waals surface area contributed by atoms with Crippen LogP contribution >= 0.6 is 0 Å². The molecule has 1 fully saturated rings. The summed E-state index contributed by atoms with van der Waals surface area (Å²) in [5, 5.41) is 3.22. The van der Waals surface area contributed by atoms with Crippen molar-refractivity contribution in [3.05, 3.63) is 0 Å². The summed E-state index contributed by atoms with van der Waals surface area (Å²) < 4.78 is 0. The smallest absolute Gasteiger partial charge is 0.221 e. The molecule has 3 atom stereocenters. The highest BCUT2D eigenvalue weighted by atomic mass is 16.1. The van der Waals surface area contributed by atoms with Gasteiger partial charge in [-0.05, 0) is 30.6 Å². The van der Waals surface area contributed by atoms with E-state index < -0.39 is 0 Å². The average Bonchev–Trinajstić information content (AvgIpc) is 2.27. The zero-order valence-electron chi connectivity index (χ0n) is 12.5. The molecule has 1 amide bonds. The molecule has 3 heteroatoms. The third kappa shape index (κ3) is 4.60. The summed E-state index contributed by atoms with van der Waals surface area (Å²) in [5.74, 6) is 0.721. The third-order valence-electron chi connectivity index (χ3n) is 4.20. The van der Waals surface area contributed by atoms with Gasteiger partial charge in [-0.15, -0.1) is 0 Å². The van der Waals surface area contributed by atoms with Crippen molar-refractivity contribution in [2.24, 2.45) is 17.1 Å². The molecule has 3 nitrogen and oxygen atoms in total. The van der Waals surface area contributed by atoms with E-state index >= 15 is 0 Å². The minimum Gasteiger partial charge on any atom is -0.353 e. The van der Waals surface area contributed by atoms with Gasteiger partial charge in [-0.3, -0.25) is 4.79 Å². The van der Waals surface area contributed by atoms with Crippen molar-refractivity contribution >= 4 is 5.91 Å². The molecule has 1 aliphatic rings. The predicted molar refractivity (Wildman–Crippen MR) is 76.2 cm³/mol. The third-order valence-corrected chi connectivity index (χ3v) is 4.20. The molecule has 1 saturated carbocycles. The van der Waals surface area contributed by atoms with Gasteiger partial charge in [0.1, 0.15) is 0 Å². The number of carbonyl (C=O) groups excluding carboxylic acids is 1. The van der Waals surface area contributed by atoms with Crippen LogP contribution in [0.2, 0.25) is 0 Å². The molecule has 0 heterocycles. The average molecular weight is 254 g/mol. The number of carbonyl (C=O) groups is 1. The molecule has 3 unspecified atom stereocenters. The molecule has 0 radical (unpaired) electrons. The second-order valence-corrected chi connectivity index (χ2v) is 6.80. The highest BCUT2D eigenvalue weighted by molar-refractivity contribution is 5.76. The van der Waals surface area contributed by atoms with Crippen LogP contribution in [-0.2, 0) is 4.79 Å². The first-order valence-electron chi connectivity index (χ1n) is 7.39. The van der Waals surface area contributed by atoms with E-state index in [1.165, 1.54) is 19.3 Å². The van der Waals surface area contributed by atoms with Crippen molar-refractivity contribution in [3.8, 4) is 0 Å². The Labute approximate surface area is 112 Å². The topological polar surface area (TPSA) is 55.1 Å². The van der Waals surface area contributed by atoms with E-state index in [-0.39, 0.29) is 17.4 Å². The van der Waals surface area contributed by atoms with E-state index in [4.69, 9.17) is 5.73 Å². The van der Waals surface area contributed by atoms with Gasteiger partial charge in [0.15, 0.2) is 0 Å². The summed E-state index contributed by atoms with van der Waals surface area (Å²) in [6.07, 6.45) is 6.20. The molecule has 106 valence electrons. The summed E-state index contributed by atoms with van der Waals surface area (Å²) in [5.41, 5.74) is 6.11. The molecule has 18 heavy (non-hydrogen) atoms. The lowest BCUT2D eigenvalue weighted by molar-refractivity contribution is -0.123. The van der Waals surface area contributed by atoms with E-state index in [0.717, 1.165) is 12.8 Å². The Morgan fingerprint density at radius 3 is 2.50 bits per heavy atom. The van der Waals surface area contributed by atoms with Gasteiger partial charge < -0.3 is 11.1 Å². The number of nitrogens with two attached hydrogens (primary N) is 1. The van der Waals surface area contributed by atoms with Crippen molar-refractivity contribution in [1.29, 1.82) is 0 Å². The predicted octanol–water partition coefficient (Wildman–Crippen LogP) is 2.83. The number of hydrogen-bond acceptors (Lipinski definition) is 2. The largest absolute Gasteiger partial charge is 0.353 e. The van der Waals surface area contributed by atoms with Gasteiger partial charge in [0.2, 0.25) is 5.91 Å². The molecule has 0 saturated heterocycles. The lowest BCUT2D eigenvalue weighted by Crippen LogP contribution is -2.47. The molecule has 0 spiro atoms. The normalized spacial score (nSPS) is 26.7. The zero-order valence-corrected chi connectivity index (χ0v) is 12.5. The Morgan fingerprint density at radius 1 is 1.33 bits per heavy atom. The quantitative estimate of drug-likeness (QED) is 0.810. The molecule has 0 aromatic heterocycles. The van der Waals surface area contributed by atoms with Crippen LogP contribution in [0, 0.1) is 11.3 Å². The van der Waals surface area contributed by atoms with Crippen LogP contribution in [0.5, 0.6) is 0 Å². The van der Waals surface area contributed by atoms with Crippen LogP contribution < -0.4 is 11.1 Å². The summed E-state index contributed by atoms with van der Waals surface area (Å²) >= 11 is 0. The summed E-state index contributed by atoms with van der Waals surface area (Å²) in [6.45, 7) is 8.86. The van der Waals surface area contributed by atoms with Crippen molar-refractivity contribution in [3.63, 3.8) is 0 Å². The molecule has 3 N–H and O–H groups in total. The fourth-order valence-electron chi connectivity index (χ4n) is 2.99. The maximum absolute atomic E-state index is 12.0. The molecule has 1 aliphatic carbocycles. The van der Waals surface area contributed by atoms with E-state index in [9.17, 15) is 4.79 Å². The van der Waals surface area contributed by atoms with Crippen molar-refractivity contribution in [2.75, 3.05) is 0 Å². The number of amides is 1. The first-order chi connectivity index (χ1) is 8.34. The van der Waals surface area contributed by atoms with E-state index in [1.54, 1.807) is 0 Å². The van der Waals surface area contributed by atoms with Crippen LogP contribution in [0.25, 0.3) is 0 Å². The number of rotatable bonds is 4. The maximum atomic E-state index is 12.0. The second kappa shape index (κ2) is 6.55. The van der Waals surface area contributed by atoms with Gasteiger partial charge >= 0.3 is 0 Å².